The van der Waals surface area contributed by atoms with Crippen LogP contribution in [0, 0.1) is 5.92 Å². The summed E-state index contributed by atoms with van der Waals surface area (Å²) in [7, 11) is -0.208. The van der Waals surface area contributed by atoms with Gasteiger partial charge in [-0.1, -0.05) is 27.7 Å². The van der Waals surface area contributed by atoms with Gasteiger partial charge in [0.15, 0.2) is 14.1 Å². The van der Waals surface area contributed by atoms with Crippen molar-refractivity contribution in [1.29, 1.82) is 0 Å². The molecule has 330 valence electrons. The number of anilines is 2. The second-order valence-corrected chi connectivity index (χ2v) is 37.7. The molecule has 0 spiro atoms. The molecule has 0 radical (unpaired) electrons. The van der Waals surface area contributed by atoms with Crippen molar-refractivity contribution in [3.05, 3.63) is 33.4 Å². The van der Waals surface area contributed by atoms with Crippen molar-refractivity contribution in [2.45, 2.75) is 194 Å². The zero-order chi connectivity index (χ0) is 43.3. The number of methoxy groups -OCH3 is 1. The SMILES string of the molecule is CCC[CH2][Sn](/[CH]=C/[C@@H](CC(=O)Nc1cc2c(c(CC/C=C(/C)[C@@H]3OC(C)(C)O[C@@H](CCO[Si](C)(C)C(C)(C)C)[C@@H]3C)c1O)SCC(=O)N2)OC)([CH2]CCC)[CH2]CCC. The number of carbonyl (C=O) groups is 2. The number of fused-ring (bicyclic) bond motifs is 1. The number of ether oxygens (including phenoxy) is 3. The van der Waals surface area contributed by atoms with Gasteiger partial charge >= 0.3 is 233 Å². The average molecular weight is 952 g/mol. The molecule has 58 heavy (non-hydrogen) atoms. The molecule has 2 aliphatic rings. The van der Waals surface area contributed by atoms with Crippen LogP contribution >= 0.6 is 11.8 Å². The van der Waals surface area contributed by atoms with E-state index in [1.54, 1.807) is 13.2 Å². The van der Waals surface area contributed by atoms with Crippen LogP contribution in [0.25, 0.3) is 0 Å². The minimum absolute atomic E-state index is 0.0136. The van der Waals surface area contributed by atoms with E-state index in [1.165, 1.54) is 63.6 Å². The number of phenolic OH excluding ortho intramolecular Hbond substituents is 1. The van der Waals surface area contributed by atoms with Gasteiger partial charge in [-0.25, -0.2) is 0 Å². The second-order valence-electron chi connectivity index (χ2n) is 18.9. The van der Waals surface area contributed by atoms with E-state index in [9.17, 15) is 14.7 Å². The molecule has 3 rings (SSSR count). The van der Waals surface area contributed by atoms with Crippen molar-refractivity contribution in [2.75, 3.05) is 30.1 Å². The fraction of sp³-hybridized carbons (Fsp3) is 0.739. The number of phenols is 1. The number of hydrogen-bond donors (Lipinski definition) is 3. The van der Waals surface area contributed by atoms with Crippen LogP contribution < -0.4 is 10.6 Å². The summed E-state index contributed by atoms with van der Waals surface area (Å²) in [5, 5.41) is 17.8. The van der Waals surface area contributed by atoms with Crippen molar-refractivity contribution in [3.8, 4) is 5.75 Å². The average Bonchev–Trinajstić information content (AvgIpc) is 3.15. The zero-order valence-corrected chi connectivity index (χ0v) is 43.2. The van der Waals surface area contributed by atoms with E-state index in [0.717, 1.165) is 16.9 Å². The quantitative estimate of drug-likeness (QED) is 0.0430. The van der Waals surface area contributed by atoms with E-state index >= 15 is 0 Å². The third-order valence-electron chi connectivity index (χ3n) is 12.6. The number of thioether (sulfide) groups is 1. The molecule has 0 unspecified atom stereocenters. The van der Waals surface area contributed by atoms with Crippen LogP contribution in [-0.2, 0) is 34.6 Å². The summed E-state index contributed by atoms with van der Waals surface area (Å²) in [5.41, 5.74) is 2.74. The first kappa shape index (κ1) is 51.0. The summed E-state index contributed by atoms with van der Waals surface area (Å²) in [6.07, 6.45) is 13.4. The molecular formula is C46H80N2O7SSiSn. The summed E-state index contributed by atoms with van der Waals surface area (Å²) in [5.74, 6) is -0.654. The van der Waals surface area contributed by atoms with Crippen LogP contribution in [0.15, 0.2) is 32.8 Å². The van der Waals surface area contributed by atoms with E-state index in [-0.39, 0.29) is 59.0 Å². The monoisotopic (exact) mass is 952 g/mol. The Morgan fingerprint density at radius 2 is 1.74 bits per heavy atom. The molecule has 2 amide bonds. The van der Waals surface area contributed by atoms with E-state index in [1.807, 2.05) is 13.8 Å². The number of rotatable bonds is 23. The number of amides is 2. The third-order valence-corrected chi connectivity index (χ3v) is 32.4. The van der Waals surface area contributed by atoms with E-state index in [0.29, 0.717) is 36.4 Å². The predicted octanol–water partition coefficient (Wildman–Crippen LogP) is 12.2. The number of hydrogen-bond acceptors (Lipinski definition) is 8. The molecule has 9 nitrogen and oxygen atoms in total. The van der Waals surface area contributed by atoms with Crippen LogP contribution in [0.1, 0.15) is 133 Å². The Bertz CT molecular complexity index is 1540. The summed E-state index contributed by atoms with van der Waals surface area (Å²) >= 11 is -1.15. The molecule has 0 saturated carbocycles. The van der Waals surface area contributed by atoms with E-state index < -0.39 is 32.5 Å². The van der Waals surface area contributed by atoms with Crippen LogP contribution in [0.2, 0.25) is 31.4 Å². The maximum absolute atomic E-state index is 13.6. The van der Waals surface area contributed by atoms with E-state index in [4.69, 9.17) is 18.6 Å². The van der Waals surface area contributed by atoms with Gasteiger partial charge in [0.1, 0.15) is 0 Å². The summed E-state index contributed by atoms with van der Waals surface area (Å²) in [4.78, 5) is 27.0. The molecular weight excluding hydrogens is 871 g/mol. The molecule has 1 aromatic rings. The molecule has 12 heteroatoms. The van der Waals surface area contributed by atoms with Gasteiger partial charge in [-0.15, -0.1) is 0 Å². The second kappa shape index (κ2) is 23.2. The normalized spacial score (nSPS) is 20.9. The number of nitrogens with one attached hydrogen (secondary N) is 2. The number of aromatic hydroxyl groups is 1. The third kappa shape index (κ3) is 14.9. The molecule has 0 aliphatic carbocycles. The first-order chi connectivity index (χ1) is 27.2. The number of benzene rings is 1. The Morgan fingerprint density at radius 3 is 2.31 bits per heavy atom. The molecule has 2 aliphatic heterocycles. The summed E-state index contributed by atoms with van der Waals surface area (Å²) < 4.78 is 31.9. The van der Waals surface area contributed by atoms with Gasteiger partial charge < -0.3 is 13.9 Å². The van der Waals surface area contributed by atoms with Crippen molar-refractivity contribution in [2.24, 2.45) is 5.92 Å². The van der Waals surface area contributed by atoms with Gasteiger partial charge in [0.05, 0.1) is 12.2 Å². The molecule has 0 bridgehead atoms. The van der Waals surface area contributed by atoms with Gasteiger partial charge in [-0.05, 0) is 50.9 Å². The topological polar surface area (TPSA) is 115 Å². The molecule has 1 fully saturated rings. The van der Waals surface area contributed by atoms with E-state index in [2.05, 4.69) is 95.4 Å². The Morgan fingerprint density at radius 1 is 1.12 bits per heavy atom. The van der Waals surface area contributed by atoms with Gasteiger partial charge in [0, 0.05) is 12.5 Å². The number of unbranched alkanes of at least 4 members (excludes halogenated alkanes) is 3. The van der Waals surface area contributed by atoms with Crippen molar-refractivity contribution in [1.82, 2.24) is 0 Å². The molecule has 1 saturated heterocycles. The van der Waals surface area contributed by atoms with Crippen LogP contribution in [-0.4, -0.2) is 87.2 Å². The first-order valence-electron chi connectivity index (χ1n) is 22.2. The molecule has 1 aromatic carbocycles. The Labute approximate surface area is 362 Å². The minimum atomic E-state index is -2.57. The Balaban J connectivity index is 1.79. The molecule has 0 aromatic heterocycles. The fourth-order valence-corrected chi connectivity index (χ4v) is 24.3. The van der Waals surface area contributed by atoms with Crippen LogP contribution in [0.3, 0.4) is 0 Å². The van der Waals surface area contributed by atoms with Gasteiger partial charge in [-0.2, -0.15) is 0 Å². The fourth-order valence-electron chi connectivity index (χ4n) is 7.90. The standard InChI is InChI=1S/C34H53N2O7SSi.3C4H9.Sn/c1-12-23(40-9)18-28(37)35-25-19-26-32(44-20-29(38)36-26)24(30(25)39)15-13-14-21(2)31-22(3)27(42-34(7,8)43-31)16-17-41-45(10,11)33(4,5)6;3*1-3-4-2;/h1,12,14,19,22-23,27,31,39H,13,15-18,20H2,2-11H3,(H,35,37)(H,36,38);3*1,3-4H2,2H3;/b12-1?,21-14-;;;;/t22-,23-,27-,31-;;;;/m0..../s1. The number of allylic oxidation sites excluding steroid dienone is 1. The zero-order valence-electron chi connectivity index (χ0n) is 38.5. The summed E-state index contributed by atoms with van der Waals surface area (Å²) in [6.45, 7) is 27.1. The molecule has 3 N–H and O–H groups in total. The Hall–Kier alpha value is -1.35. The van der Waals surface area contributed by atoms with Crippen LogP contribution in [0.5, 0.6) is 5.75 Å². The van der Waals surface area contributed by atoms with Gasteiger partial charge in [0.2, 0.25) is 0 Å². The van der Waals surface area contributed by atoms with Crippen molar-refractivity contribution in [3.63, 3.8) is 0 Å². The Kier molecular flexibility index (Phi) is 20.4. The number of carbonyl (C=O) groups excluding carboxylic acids is 2. The van der Waals surface area contributed by atoms with Crippen LogP contribution in [0.4, 0.5) is 11.4 Å². The van der Waals surface area contributed by atoms with Gasteiger partial charge in [0.25, 0.3) is 0 Å². The molecule has 4 atom stereocenters. The van der Waals surface area contributed by atoms with Crippen molar-refractivity contribution < 1.29 is 33.3 Å². The predicted molar refractivity (Wildman–Crippen MR) is 248 cm³/mol. The summed E-state index contributed by atoms with van der Waals surface area (Å²) in [6, 6.07) is 1.69. The first-order valence-corrected chi connectivity index (χ1v) is 33.8. The maximum atomic E-state index is 13.6. The van der Waals surface area contributed by atoms with Gasteiger partial charge in [-0.3, -0.25) is 0 Å². The van der Waals surface area contributed by atoms with Crippen molar-refractivity contribution >= 4 is 61.6 Å². The molecule has 2 heterocycles.